The van der Waals surface area contributed by atoms with Crippen LogP contribution in [0.3, 0.4) is 0 Å². The molecule has 39 heavy (non-hydrogen) atoms. The number of anilines is 1. The molecule has 0 unspecified atom stereocenters. The first-order valence-corrected chi connectivity index (χ1v) is 13.2. The third-order valence-corrected chi connectivity index (χ3v) is 6.69. The predicted octanol–water partition coefficient (Wildman–Crippen LogP) is 7.67. The Balaban J connectivity index is 0.00000353. The van der Waals surface area contributed by atoms with Crippen molar-refractivity contribution in [2.24, 2.45) is 0 Å². The molecule has 0 fully saturated rings. The molecule has 0 spiro atoms. The molecule has 1 aliphatic rings. The number of benzene rings is 1. The maximum atomic E-state index is 6.41. The molecule has 0 saturated carbocycles. The average Bonchev–Trinajstić information content (AvgIpc) is 3.47. The summed E-state index contributed by atoms with van der Waals surface area (Å²) in [5.74, 6) is 1.78. The smallest absolute Gasteiger partial charge is 0.0584 e. The van der Waals surface area contributed by atoms with Gasteiger partial charge in [-0.1, -0.05) is 66.2 Å². The molecule has 1 aromatic carbocycles. The van der Waals surface area contributed by atoms with Gasteiger partial charge in [-0.05, 0) is 60.2 Å². The summed E-state index contributed by atoms with van der Waals surface area (Å²) in [6, 6.07) is 17.0. The number of hydrogen-bond donors (Lipinski definition) is 0. The monoisotopic (exact) mass is 701 g/mol. The van der Waals surface area contributed by atoms with Gasteiger partial charge in [0.25, 0.3) is 0 Å². The van der Waals surface area contributed by atoms with E-state index in [9.17, 15) is 0 Å². The minimum atomic E-state index is -0.00575. The molecule has 0 saturated heterocycles. The molecule has 4 heterocycles. The first-order valence-electron chi connectivity index (χ1n) is 13.2. The van der Waals surface area contributed by atoms with E-state index in [0.29, 0.717) is 11.5 Å². The molecule has 4 aromatic rings. The Kier molecular flexibility index (Phi) is 8.27. The molecule has 0 amide bonds. The van der Waals surface area contributed by atoms with Crippen LogP contribution in [0.2, 0.25) is 0 Å². The molecule has 208 valence electrons. The van der Waals surface area contributed by atoms with Crippen molar-refractivity contribution in [1.82, 2.24) is 19.3 Å². The number of aromatic nitrogens is 3. The van der Waals surface area contributed by atoms with Gasteiger partial charge in [0.2, 0.25) is 0 Å². The van der Waals surface area contributed by atoms with Crippen molar-refractivity contribution in [2.75, 3.05) is 11.9 Å². The van der Waals surface area contributed by atoms with E-state index in [4.69, 9.17) is 14.7 Å². The maximum Gasteiger partial charge on any atom is 0.0584 e. The fourth-order valence-corrected chi connectivity index (χ4v) is 4.72. The van der Waals surface area contributed by atoms with Gasteiger partial charge in [-0.15, -0.1) is 23.9 Å². The zero-order valence-electron chi connectivity index (χ0n) is 23.9. The topological polar surface area (TPSA) is 45.9 Å². The Morgan fingerprint density at radius 3 is 2.38 bits per heavy atom. The zero-order valence-corrected chi connectivity index (χ0v) is 26.2. The van der Waals surface area contributed by atoms with E-state index in [0.717, 1.165) is 28.3 Å². The fraction of sp³-hybridized carbons (Fsp3) is 0.344. The van der Waals surface area contributed by atoms with Crippen molar-refractivity contribution >= 4 is 11.3 Å². The summed E-state index contributed by atoms with van der Waals surface area (Å²) in [6.45, 7) is 17.4. The summed E-state index contributed by atoms with van der Waals surface area (Å²) in [5.41, 5.74) is 6.89. The quantitative estimate of drug-likeness (QED) is 0.193. The normalized spacial score (nSPS) is 13.6. The van der Waals surface area contributed by atoms with E-state index in [1.54, 1.807) is 0 Å². The molecule has 3 aromatic heterocycles. The molecule has 1 aliphatic heterocycles. The van der Waals surface area contributed by atoms with E-state index < -0.39 is 0 Å². The molecule has 0 aliphatic carbocycles. The van der Waals surface area contributed by atoms with Crippen LogP contribution in [0.25, 0.3) is 16.9 Å². The Bertz CT molecular complexity index is 1500. The molecule has 0 N–H and O–H groups in total. The molecular formula is C32H36N5OPt-3. The van der Waals surface area contributed by atoms with Crippen LogP contribution < -0.4 is 9.64 Å². The fourth-order valence-electron chi connectivity index (χ4n) is 4.72. The van der Waals surface area contributed by atoms with Crippen LogP contribution in [0.4, 0.5) is 5.69 Å². The van der Waals surface area contributed by atoms with E-state index in [1.165, 1.54) is 11.3 Å². The van der Waals surface area contributed by atoms with E-state index in [1.807, 2.05) is 66.5 Å². The second kappa shape index (κ2) is 11.2. The van der Waals surface area contributed by atoms with E-state index in [-0.39, 0.29) is 38.3 Å². The van der Waals surface area contributed by atoms with Gasteiger partial charge < -0.3 is 23.9 Å². The van der Waals surface area contributed by atoms with Gasteiger partial charge in [-0.3, -0.25) is 4.98 Å². The number of pyridine rings is 2. The van der Waals surface area contributed by atoms with Gasteiger partial charge >= 0.3 is 0 Å². The summed E-state index contributed by atoms with van der Waals surface area (Å²) in [5, 5.41) is 0. The molecule has 0 bridgehead atoms. The number of hydrogen-bond acceptors (Lipinski definition) is 5. The number of rotatable bonds is 6. The molecule has 0 radical (unpaired) electrons. The Morgan fingerprint density at radius 2 is 1.74 bits per heavy atom. The second-order valence-corrected chi connectivity index (χ2v) is 11.5. The average molecular weight is 702 g/mol. The summed E-state index contributed by atoms with van der Waals surface area (Å²) in [6.07, 6.45) is 7.86. The van der Waals surface area contributed by atoms with Crippen molar-refractivity contribution < 1.29 is 25.8 Å². The van der Waals surface area contributed by atoms with Crippen LogP contribution in [-0.4, -0.2) is 26.3 Å². The minimum absolute atomic E-state index is 0. The molecule has 5 rings (SSSR count). The van der Waals surface area contributed by atoms with Crippen molar-refractivity contribution in [3.05, 3.63) is 90.9 Å². The van der Waals surface area contributed by atoms with Gasteiger partial charge in [-0.25, -0.2) is 0 Å². The molecule has 7 heteroatoms. The van der Waals surface area contributed by atoms with Crippen LogP contribution in [-0.2, 0) is 26.5 Å². The standard InChI is InChI=1S/C32H36N5O.Pt/c1-21(2)29-30(22(3)4)37-19-26(38-25-11-9-10-24(17-25)36-15-14-35(8)20-36)18-27(31(37)34-29)28-16-23(12-13-33-28)32(5,6)7;/h9-16,19-22H,1-8H3;/q-3;. The predicted molar refractivity (Wildman–Crippen MR) is 153 cm³/mol. The van der Waals surface area contributed by atoms with Gasteiger partial charge in [0, 0.05) is 38.7 Å². The van der Waals surface area contributed by atoms with Crippen molar-refractivity contribution in [2.45, 2.75) is 65.7 Å². The number of imidazole rings is 1. The van der Waals surface area contributed by atoms with Crippen LogP contribution in [0.15, 0.2) is 55.1 Å². The summed E-state index contributed by atoms with van der Waals surface area (Å²) < 4.78 is 8.58. The third-order valence-electron chi connectivity index (χ3n) is 6.69. The summed E-state index contributed by atoms with van der Waals surface area (Å²) in [7, 11) is 1.99. The van der Waals surface area contributed by atoms with Gasteiger partial charge in [-0.2, -0.15) is 12.7 Å². The summed E-state index contributed by atoms with van der Waals surface area (Å²) in [4.78, 5) is 13.9. The van der Waals surface area contributed by atoms with Crippen LogP contribution in [0.1, 0.15) is 77.3 Å². The second-order valence-electron chi connectivity index (χ2n) is 11.5. The van der Waals surface area contributed by atoms with Crippen LogP contribution in [0.5, 0.6) is 11.5 Å². The third kappa shape index (κ3) is 5.91. The van der Waals surface area contributed by atoms with Crippen LogP contribution >= 0.6 is 0 Å². The maximum absolute atomic E-state index is 6.41. The van der Waals surface area contributed by atoms with Gasteiger partial charge in [0.15, 0.2) is 0 Å². The van der Waals surface area contributed by atoms with Gasteiger partial charge in [0.1, 0.15) is 0 Å². The summed E-state index contributed by atoms with van der Waals surface area (Å²) >= 11 is 0. The van der Waals surface area contributed by atoms with Crippen molar-refractivity contribution in [3.63, 3.8) is 0 Å². The van der Waals surface area contributed by atoms with Crippen LogP contribution in [0, 0.1) is 18.8 Å². The zero-order chi connectivity index (χ0) is 27.2. The Morgan fingerprint density at radius 1 is 0.974 bits per heavy atom. The SMILES string of the molecule is CC(C)c1nc2c(-c3cc(C(C)(C)C)ccn3)[c-]c(Oc3[c-]c(N4C=CN(C)[CH-]4)ccc3)cn2c1C(C)C.[Pt]. The van der Waals surface area contributed by atoms with Crippen molar-refractivity contribution in [1.29, 1.82) is 0 Å². The molecular weight excluding hydrogens is 665 g/mol. The molecule has 6 nitrogen and oxygen atoms in total. The Labute approximate surface area is 247 Å². The number of fused-ring (bicyclic) bond motifs is 1. The van der Waals surface area contributed by atoms with E-state index >= 15 is 0 Å². The first kappa shape index (κ1) is 28.9. The van der Waals surface area contributed by atoms with E-state index in [2.05, 4.69) is 77.1 Å². The first-order chi connectivity index (χ1) is 18.0. The van der Waals surface area contributed by atoms with Crippen molar-refractivity contribution in [3.8, 4) is 22.8 Å². The number of nitrogens with zero attached hydrogens (tertiary/aromatic N) is 5. The largest absolute Gasteiger partial charge is 0.510 e. The minimum Gasteiger partial charge on any atom is -0.510 e. The van der Waals surface area contributed by atoms with Gasteiger partial charge in [0.05, 0.1) is 17.1 Å². The molecule has 0 atom stereocenters. The number of ether oxygens (including phenoxy) is 1. The Hall–Kier alpha value is -3.11.